The van der Waals surface area contributed by atoms with Crippen LogP contribution >= 0.6 is 15.9 Å². The van der Waals surface area contributed by atoms with E-state index in [0.717, 1.165) is 4.47 Å². The molecule has 142 valence electrons. The Morgan fingerprint density at radius 1 is 1.25 bits per heavy atom. The van der Waals surface area contributed by atoms with Crippen molar-refractivity contribution < 1.29 is 9.72 Å². The van der Waals surface area contributed by atoms with Crippen molar-refractivity contribution in [1.82, 2.24) is 20.4 Å². The Labute approximate surface area is 168 Å². The Morgan fingerprint density at radius 3 is 2.71 bits per heavy atom. The lowest BCUT2D eigenvalue weighted by Gasteiger charge is -2.04. The molecular weight excluding hydrogens is 428 g/mol. The molecule has 1 heterocycles. The fraction of sp³-hybridized carbons (Fsp3) is 0.111. The zero-order valence-corrected chi connectivity index (χ0v) is 16.5. The van der Waals surface area contributed by atoms with Gasteiger partial charge in [0.2, 0.25) is 0 Å². The number of aromatic nitrogens is 3. The summed E-state index contributed by atoms with van der Waals surface area (Å²) in [4.78, 5) is 22.7. The quantitative estimate of drug-likeness (QED) is 0.369. The summed E-state index contributed by atoms with van der Waals surface area (Å²) in [7, 11) is 0. The summed E-state index contributed by atoms with van der Waals surface area (Å²) in [5, 5.41) is 23.2. The minimum Gasteiger partial charge on any atom is -0.267 e. The number of amides is 1. The predicted molar refractivity (Wildman–Crippen MR) is 107 cm³/mol. The van der Waals surface area contributed by atoms with Gasteiger partial charge in [0.15, 0.2) is 0 Å². The minimum atomic E-state index is -0.471. The van der Waals surface area contributed by atoms with E-state index in [4.69, 9.17) is 0 Å². The van der Waals surface area contributed by atoms with Crippen molar-refractivity contribution in [3.05, 3.63) is 80.1 Å². The SMILES string of the molecule is CC(=NNC(=O)c1cccc(Br)c1)c1nnn(-c2cccc([N+](=O)[O-])c2)c1C. The van der Waals surface area contributed by atoms with Crippen LogP contribution in [-0.4, -0.2) is 31.5 Å². The number of nitrogens with one attached hydrogen (secondary N) is 1. The molecule has 3 aromatic rings. The van der Waals surface area contributed by atoms with Crippen LogP contribution in [0.1, 0.15) is 28.7 Å². The Morgan fingerprint density at radius 2 is 2.00 bits per heavy atom. The van der Waals surface area contributed by atoms with E-state index in [1.165, 1.54) is 16.8 Å². The van der Waals surface area contributed by atoms with Gasteiger partial charge in [-0.3, -0.25) is 14.9 Å². The van der Waals surface area contributed by atoms with E-state index in [2.05, 4.69) is 36.8 Å². The zero-order valence-electron chi connectivity index (χ0n) is 15.0. The van der Waals surface area contributed by atoms with Crippen LogP contribution < -0.4 is 5.43 Å². The highest BCUT2D eigenvalue weighted by Crippen LogP contribution is 2.18. The largest absolute Gasteiger partial charge is 0.271 e. The molecule has 3 rings (SSSR count). The minimum absolute atomic E-state index is 0.0411. The lowest BCUT2D eigenvalue weighted by atomic mass is 10.2. The van der Waals surface area contributed by atoms with Gasteiger partial charge in [0, 0.05) is 22.2 Å². The van der Waals surface area contributed by atoms with Crippen LogP contribution in [-0.2, 0) is 0 Å². The highest BCUT2D eigenvalue weighted by molar-refractivity contribution is 9.10. The summed E-state index contributed by atoms with van der Waals surface area (Å²) in [5.41, 5.74) is 4.98. The number of nitrogens with zero attached hydrogens (tertiary/aromatic N) is 5. The van der Waals surface area contributed by atoms with E-state index >= 15 is 0 Å². The van der Waals surface area contributed by atoms with Gasteiger partial charge in [-0.2, -0.15) is 5.10 Å². The van der Waals surface area contributed by atoms with Gasteiger partial charge in [0.25, 0.3) is 11.6 Å². The van der Waals surface area contributed by atoms with Gasteiger partial charge in [-0.15, -0.1) is 5.10 Å². The Bertz CT molecular complexity index is 1090. The van der Waals surface area contributed by atoms with Crippen LogP contribution in [0.15, 0.2) is 58.1 Å². The first kappa shape index (κ1) is 19.4. The Hall–Kier alpha value is -3.40. The third-order valence-corrected chi connectivity index (χ3v) is 4.43. The van der Waals surface area contributed by atoms with Crippen molar-refractivity contribution in [2.24, 2.45) is 5.10 Å². The molecule has 1 amide bonds. The van der Waals surface area contributed by atoms with E-state index in [-0.39, 0.29) is 11.6 Å². The second kappa shape index (κ2) is 8.09. The van der Waals surface area contributed by atoms with Crippen molar-refractivity contribution in [3.63, 3.8) is 0 Å². The number of nitro groups is 1. The summed E-state index contributed by atoms with van der Waals surface area (Å²) in [6, 6.07) is 13.0. The molecule has 10 heteroatoms. The monoisotopic (exact) mass is 442 g/mol. The predicted octanol–water partition coefficient (Wildman–Crippen LogP) is 3.40. The summed E-state index contributed by atoms with van der Waals surface area (Å²) in [5.74, 6) is -0.357. The Kier molecular flexibility index (Phi) is 5.59. The van der Waals surface area contributed by atoms with Crippen molar-refractivity contribution >= 4 is 33.2 Å². The molecule has 0 unspecified atom stereocenters. The second-order valence-electron chi connectivity index (χ2n) is 5.86. The van der Waals surface area contributed by atoms with Gasteiger partial charge in [0.1, 0.15) is 5.69 Å². The molecule has 28 heavy (non-hydrogen) atoms. The molecule has 0 saturated carbocycles. The number of hydrogen-bond acceptors (Lipinski definition) is 6. The highest BCUT2D eigenvalue weighted by atomic mass is 79.9. The number of hydrogen-bond donors (Lipinski definition) is 1. The molecular formula is C18H15BrN6O3. The molecule has 0 aliphatic carbocycles. The van der Waals surface area contributed by atoms with E-state index in [1.54, 1.807) is 44.2 Å². The first-order valence-electron chi connectivity index (χ1n) is 8.14. The number of nitro benzene ring substituents is 1. The molecule has 0 aliphatic rings. The van der Waals surface area contributed by atoms with Crippen molar-refractivity contribution in [3.8, 4) is 5.69 Å². The number of carbonyl (C=O) groups is 1. The third kappa shape index (κ3) is 4.12. The van der Waals surface area contributed by atoms with Crippen LogP contribution in [0.4, 0.5) is 5.69 Å². The molecule has 0 bridgehead atoms. The number of non-ortho nitro benzene ring substituents is 1. The van der Waals surface area contributed by atoms with E-state index in [1.807, 2.05) is 6.07 Å². The van der Waals surface area contributed by atoms with Gasteiger partial charge in [0.05, 0.1) is 22.0 Å². The number of benzene rings is 2. The molecule has 0 atom stereocenters. The van der Waals surface area contributed by atoms with Gasteiger partial charge in [-0.1, -0.05) is 33.3 Å². The normalized spacial score (nSPS) is 11.3. The average Bonchev–Trinajstić information content (AvgIpc) is 3.07. The summed E-state index contributed by atoms with van der Waals surface area (Å²) in [6.07, 6.45) is 0. The van der Waals surface area contributed by atoms with E-state index in [9.17, 15) is 14.9 Å². The van der Waals surface area contributed by atoms with E-state index < -0.39 is 4.92 Å². The maximum atomic E-state index is 12.2. The molecule has 0 radical (unpaired) electrons. The van der Waals surface area contributed by atoms with Crippen LogP contribution in [0.3, 0.4) is 0 Å². The van der Waals surface area contributed by atoms with Crippen LogP contribution in [0, 0.1) is 17.0 Å². The molecule has 0 aliphatic heterocycles. The van der Waals surface area contributed by atoms with Crippen molar-refractivity contribution in [1.29, 1.82) is 0 Å². The summed E-state index contributed by atoms with van der Waals surface area (Å²) < 4.78 is 2.27. The molecule has 9 nitrogen and oxygen atoms in total. The van der Waals surface area contributed by atoms with Crippen molar-refractivity contribution in [2.45, 2.75) is 13.8 Å². The topological polar surface area (TPSA) is 115 Å². The fourth-order valence-electron chi connectivity index (χ4n) is 2.53. The summed E-state index contributed by atoms with van der Waals surface area (Å²) >= 11 is 3.32. The molecule has 1 aromatic heterocycles. The van der Waals surface area contributed by atoms with Crippen molar-refractivity contribution in [2.75, 3.05) is 0 Å². The maximum Gasteiger partial charge on any atom is 0.271 e. The van der Waals surface area contributed by atoms with Crippen LogP contribution in [0.25, 0.3) is 5.69 Å². The Balaban J connectivity index is 1.83. The smallest absolute Gasteiger partial charge is 0.267 e. The zero-order chi connectivity index (χ0) is 20.3. The molecule has 0 fully saturated rings. The standard InChI is InChI=1S/C18H15BrN6O3/c1-11(20-22-18(26)13-5-3-6-14(19)9-13)17-12(2)24(23-21-17)15-7-4-8-16(10-15)25(27)28/h3-10H,1-2H3,(H,22,26). The number of hydrazone groups is 1. The summed E-state index contributed by atoms with van der Waals surface area (Å²) in [6.45, 7) is 3.46. The average molecular weight is 443 g/mol. The van der Waals surface area contributed by atoms with Gasteiger partial charge < -0.3 is 0 Å². The lowest BCUT2D eigenvalue weighted by molar-refractivity contribution is -0.384. The van der Waals surface area contributed by atoms with E-state index in [0.29, 0.717) is 28.4 Å². The number of carbonyl (C=O) groups excluding carboxylic acids is 1. The lowest BCUT2D eigenvalue weighted by Crippen LogP contribution is -2.19. The molecule has 0 saturated heterocycles. The maximum absolute atomic E-state index is 12.2. The van der Waals surface area contributed by atoms with Crippen LogP contribution in [0.2, 0.25) is 0 Å². The highest BCUT2D eigenvalue weighted by Gasteiger charge is 2.15. The third-order valence-electron chi connectivity index (χ3n) is 3.93. The van der Waals surface area contributed by atoms with Gasteiger partial charge >= 0.3 is 0 Å². The number of halogens is 1. The van der Waals surface area contributed by atoms with Crippen LogP contribution in [0.5, 0.6) is 0 Å². The molecule has 0 spiro atoms. The molecule has 2 aromatic carbocycles. The van der Waals surface area contributed by atoms with Gasteiger partial charge in [-0.05, 0) is 38.1 Å². The second-order valence-corrected chi connectivity index (χ2v) is 6.78. The van der Waals surface area contributed by atoms with Gasteiger partial charge in [-0.25, -0.2) is 10.1 Å². The molecule has 1 N–H and O–H groups in total. The first-order valence-corrected chi connectivity index (χ1v) is 8.94. The fourth-order valence-corrected chi connectivity index (χ4v) is 2.93. The first-order chi connectivity index (χ1) is 13.4. The number of rotatable bonds is 5.